The van der Waals surface area contributed by atoms with Crippen LogP contribution in [0, 0.1) is 0 Å². The normalized spacial score (nSPS) is 13.1. The van der Waals surface area contributed by atoms with Gasteiger partial charge in [-0.25, -0.2) is 15.0 Å². The fourth-order valence-electron chi connectivity index (χ4n) is 7.32. The molecule has 222 valence electrons. The Hall–Kier alpha value is -5.93. The van der Waals surface area contributed by atoms with Crippen LogP contribution in [0.25, 0.3) is 78.0 Å². The Labute approximate surface area is 274 Å². The average molecular weight is 602 g/mol. The maximum absolute atomic E-state index is 5.09. The number of aromatic nitrogens is 3. The van der Waals surface area contributed by atoms with Gasteiger partial charge in [0.2, 0.25) is 0 Å². The first kappa shape index (κ1) is 27.4. The van der Waals surface area contributed by atoms with Crippen molar-refractivity contribution < 1.29 is 0 Å². The summed E-state index contributed by atoms with van der Waals surface area (Å²) in [6.07, 6.45) is 0. The summed E-state index contributed by atoms with van der Waals surface area (Å²) in [4.78, 5) is 15.1. The molecule has 0 saturated carbocycles. The van der Waals surface area contributed by atoms with E-state index in [0.29, 0.717) is 17.5 Å². The third kappa shape index (κ3) is 4.46. The van der Waals surface area contributed by atoms with Crippen LogP contribution in [-0.4, -0.2) is 15.0 Å². The molecule has 0 atom stereocenters. The van der Waals surface area contributed by atoms with E-state index in [0.717, 1.165) is 27.6 Å². The third-order valence-electron chi connectivity index (χ3n) is 9.70. The highest BCUT2D eigenvalue weighted by Gasteiger charge is 2.36. The van der Waals surface area contributed by atoms with Gasteiger partial charge in [-0.05, 0) is 67.1 Å². The topological polar surface area (TPSA) is 38.7 Å². The van der Waals surface area contributed by atoms with E-state index in [1.807, 2.05) is 18.2 Å². The van der Waals surface area contributed by atoms with Gasteiger partial charge in [-0.15, -0.1) is 0 Å². The molecule has 1 aromatic heterocycles. The number of nitrogens with zero attached hydrogens (tertiary/aromatic N) is 3. The van der Waals surface area contributed by atoms with Gasteiger partial charge in [-0.1, -0.05) is 153 Å². The van der Waals surface area contributed by atoms with Gasteiger partial charge in [0.15, 0.2) is 17.5 Å². The molecular formula is C44H31N3. The number of benzene rings is 7. The van der Waals surface area contributed by atoms with E-state index in [4.69, 9.17) is 15.0 Å². The molecular weight excluding hydrogens is 571 g/mol. The summed E-state index contributed by atoms with van der Waals surface area (Å²) in [7, 11) is 0. The molecule has 47 heavy (non-hydrogen) atoms. The Morgan fingerprint density at radius 2 is 0.957 bits per heavy atom. The largest absolute Gasteiger partial charge is 0.208 e. The predicted molar refractivity (Wildman–Crippen MR) is 194 cm³/mol. The Bertz CT molecular complexity index is 2490. The molecule has 3 nitrogen and oxygen atoms in total. The van der Waals surface area contributed by atoms with Crippen molar-refractivity contribution in [1.29, 1.82) is 0 Å². The zero-order valence-corrected chi connectivity index (χ0v) is 26.3. The maximum atomic E-state index is 5.09. The Balaban J connectivity index is 1.24. The van der Waals surface area contributed by atoms with Gasteiger partial charge < -0.3 is 0 Å². The van der Waals surface area contributed by atoms with Crippen molar-refractivity contribution in [2.24, 2.45) is 0 Å². The molecule has 0 N–H and O–H groups in total. The van der Waals surface area contributed by atoms with Crippen molar-refractivity contribution in [3.8, 4) is 56.4 Å². The first-order valence-electron chi connectivity index (χ1n) is 16.1. The molecule has 1 aliphatic rings. The molecule has 0 fully saturated rings. The third-order valence-corrected chi connectivity index (χ3v) is 9.70. The molecule has 0 spiro atoms. The van der Waals surface area contributed by atoms with Gasteiger partial charge in [-0.3, -0.25) is 0 Å². The highest BCUT2D eigenvalue weighted by molar-refractivity contribution is 6.10. The highest BCUT2D eigenvalue weighted by Crippen LogP contribution is 2.52. The SMILES string of the molecule is CC1(C)c2ccccc2-c2c1ccc1cccc(-c3cccc(-c4nc(-c5ccccc5)nc(-c5ccc6ccccc6c5)n4)c3)c21. The van der Waals surface area contributed by atoms with Crippen molar-refractivity contribution >= 4 is 21.5 Å². The van der Waals surface area contributed by atoms with E-state index in [-0.39, 0.29) is 5.41 Å². The fraction of sp³-hybridized carbons (Fsp3) is 0.0682. The van der Waals surface area contributed by atoms with Crippen LogP contribution >= 0.6 is 0 Å². The van der Waals surface area contributed by atoms with Gasteiger partial charge in [0.1, 0.15) is 0 Å². The molecule has 0 bridgehead atoms. The molecule has 8 aromatic rings. The van der Waals surface area contributed by atoms with Crippen molar-refractivity contribution in [3.05, 3.63) is 163 Å². The first-order valence-corrected chi connectivity index (χ1v) is 16.1. The molecule has 1 heterocycles. The first-order chi connectivity index (χ1) is 23.0. The van der Waals surface area contributed by atoms with E-state index in [1.54, 1.807) is 0 Å². The minimum Gasteiger partial charge on any atom is -0.208 e. The van der Waals surface area contributed by atoms with Gasteiger partial charge >= 0.3 is 0 Å². The summed E-state index contributed by atoms with van der Waals surface area (Å²) in [5.41, 5.74) is 10.6. The molecule has 7 aromatic carbocycles. The standard InChI is InChI=1S/C44H31N3/c1-44(2)37-21-9-8-19-36(37)40-38(44)25-24-29-16-11-20-35(39(29)40)32-17-10-18-33(27-32)42-45-41(30-13-4-3-5-14-30)46-43(47-42)34-23-22-28-12-6-7-15-31(28)26-34/h3-27H,1-2H3. The van der Waals surface area contributed by atoms with Crippen LogP contribution < -0.4 is 0 Å². The molecule has 0 unspecified atom stereocenters. The van der Waals surface area contributed by atoms with Crippen LogP contribution in [-0.2, 0) is 5.41 Å². The van der Waals surface area contributed by atoms with Crippen LogP contribution in [0.5, 0.6) is 0 Å². The van der Waals surface area contributed by atoms with Crippen molar-refractivity contribution in [3.63, 3.8) is 0 Å². The predicted octanol–water partition coefficient (Wildman–Crippen LogP) is 11.2. The van der Waals surface area contributed by atoms with E-state index >= 15 is 0 Å². The van der Waals surface area contributed by atoms with Crippen molar-refractivity contribution in [2.75, 3.05) is 0 Å². The maximum Gasteiger partial charge on any atom is 0.164 e. The van der Waals surface area contributed by atoms with E-state index in [2.05, 4.69) is 147 Å². The summed E-state index contributed by atoms with van der Waals surface area (Å²) in [5.74, 6) is 1.97. The zero-order valence-electron chi connectivity index (χ0n) is 26.3. The second-order valence-electron chi connectivity index (χ2n) is 12.9. The monoisotopic (exact) mass is 601 g/mol. The lowest BCUT2D eigenvalue weighted by Gasteiger charge is -2.21. The van der Waals surface area contributed by atoms with Gasteiger partial charge in [0.05, 0.1) is 0 Å². The smallest absolute Gasteiger partial charge is 0.164 e. The van der Waals surface area contributed by atoms with E-state index in [1.165, 1.54) is 44.0 Å². The van der Waals surface area contributed by atoms with Crippen LogP contribution in [0.15, 0.2) is 152 Å². The Kier molecular flexibility index (Phi) is 6.16. The lowest BCUT2D eigenvalue weighted by atomic mass is 9.81. The second-order valence-corrected chi connectivity index (χ2v) is 12.9. The van der Waals surface area contributed by atoms with Crippen LogP contribution in [0.4, 0.5) is 0 Å². The number of rotatable bonds is 4. The molecule has 3 heteroatoms. The number of hydrogen-bond acceptors (Lipinski definition) is 3. The highest BCUT2D eigenvalue weighted by atomic mass is 15.0. The van der Waals surface area contributed by atoms with Crippen LogP contribution in [0.1, 0.15) is 25.0 Å². The quantitative estimate of drug-likeness (QED) is 0.201. The molecule has 9 rings (SSSR count). The van der Waals surface area contributed by atoms with Gasteiger partial charge in [0, 0.05) is 22.1 Å². The summed E-state index contributed by atoms with van der Waals surface area (Å²) >= 11 is 0. The lowest BCUT2D eigenvalue weighted by molar-refractivity contribution is 0.661. The second kappa shape index (κ2) is 10.6. The summed E-state index contributed by atoms with van der Waals surface area (Å²) in [6, 6.07) is 53.7. The van der Waals surface area contributed by atoms with Gasteiger partial charge in [0.25, 0.3) is 0 Å². The van der Waals surface area contributed by atoms with Crippen molar-refractivity contribution in [2.45, 2.75) is 19.3 Å². The van der Waals surface area contributed by atoms with Crippen LogP contribution in [0.2, 0.25) is 0 Å². The summed E-state index contributed by atoms with van der Waals surface area (Å²) in [6.45, 7) is 4.68. The van der Waals surface area contributed by atoms with Crippen LogP contribution in [0.3, 0.4) is 0 Å². The van der Waals surface area contributed by atoms with Gasteiger partial charge in [-0.2, -0.15) is 0 Å². The molecule has 1 aliphatic carbocycles. The van der Waals surface area contributed by atoms with Crippen molar-refractivity contribution in [1.82, 2.24) is 15.0 Å². The van der Waals surface area contributed by atoms with E-state index in [9.17, 15) is 0 Å². The molecule has 0 radical (unpaired) electrons. The molecule has 0 amide bonds. The zero-order chi connectivity index (χ0) is 31.5. The summed E-state index contributed by atoms with van der Waals surface area (Å²) < 4.78 is 0. The number of fused-ring (bicyclic) bond motifs is 6. The van der Waals surface area contributed by atoms with E-state index < -0.39 is 0 Å². The Morgan fingerprint density at radius 3 is 1.79 bits per heavy atom. The lowest BCUT2D eigenvalue weighted by Crippen LogP contribution is -2.14. The fourth-order valence-corrected chi connectivity index (χ4v) is 7.32. The molecule has 0 saturated heterocycles. The summed E-state index contributed by atoms with van der Waals surface area (Å²) in [5, 5.41) is 4.87. The minimum atomic E-state index is -0.0625. The Morgan fingerprint density at radius 1 is 0.383 bits per heavy atom. The average Bonchev–Trinajstić information content (AvgIpc) is 3.37. The minimum absolute atomic E-state index is 0.0625. The number of hydrogen-bond donors (Lipinski definition) is 0. The molecule has 0 aliphatic heterocycles.